The number of nitro groups is 1. The molecule has 0 saturated carbocycles. The van der Waals surface area contributed by atoms with Crippen molar-refractivity contribution in [2.45, 2.75) is 0 Å². The number of hydrogen-bond donors (Lipinski definition) is 0. The van der Waals surface area contributed by atoms with Crippen LogP contribution in [0.1, 0.15) is 0 Å². The quantitative estimate of drug-likeness (QED) is 0.469. The predicted octanol–water partition coefficient (Wildman–Crippen LogP) is 1.33. The van der Waals surface area contributed by atoms with E-state index in [0.29, 0.717) is 5.69 Å². The van der Waals surface area contributed by atoms with Crippen molar-refractivity contribution >= 4 is 39.3 Å². The third kappa shape index (κ3) is 2.09. The Labute approximate surface area is 105 Å². The first-order valence-electron chi connectivity index (χ1n) is 4.80. The van der Waals surface area contributed by atoms with E-state index >= 15 is 0 Å². The number of nitrogens with zero attached hydrogens (tertiary/aromatic N) is 4. The minimum Gasteiger partial charge on any atom is -0.364 e. The van der Waals surface area contributed by atoms with Crippen LogP contribution in [0.25, 0.3) is 11.0 Å². The van der Waals surface area contributed by atoms with Gasteiger partial charge in [0.15, 0.2) is 5.52 Å². The molecule has 2 aromatic rings. The van der Waals surface area contributed by atoms with Gasteiger partial charge in [-0.3, -0.25) is 14.9 Å². The third-order valence-corrected chi connectivity index (χ3v) is 2.46. The molecule has 94 valence electrons. The van der Waals surface area contributed by atoms with E-state index in [1.807, 2.05) is 0 Å². The van der Waals surface area contributed by atoms with Crippen LogP contribution in [0.5, 0.6) is 0 Å². The molecule has 18 heavy (non-hydrogen) atoms. The Bertz CT molecular complexity index is 626. The number of aromatic nitrogens is 2. The number of nitro benzene ring substituents is 1. The second-order valence-electron chi connectivity index (χ2n) is 3.53. The summed E-state index contributed by atoms with van der Waals surface area (Å²) in [6, 6.07) is 2.74. The summed E-state index contributed by atoms with van der Waals surface area (Å²) in [5.41, 5.74) is 0.516. The SMILES string of the molecule is CN(CC(=O)Cl)c1ccc([N+](=O)[O-])c2nonc12. The minimum absolute atomic E-state index is 0.0337. The molecular weight excluding hydrogens is 264 g/mol. The number of likely N-dealkylation sites (N-methyl/N-ethyl adjacent to an activating group) is 1. The first kappa shape index (κ1) is 12.2. The maximum Gasteiger partial charge on any atom is 0.300 e. The highest BCUT2D eigenvalue weighted by molar-refractivity contribution is 6.64. The highest BCUT2D eigenvalue weighted by atomic mass is 35.5. The lowest BCUT2D eigenvalue weighted by atomic mass is 10.2. The van der Waals surface area contributed by atoms with E-state index in [9.17, 15) is 14.9 Å². The molecule has 0 fully saturated rings. The normalized spacial score (nSPS) is 10.6. The fourth-order valence-corrected chi connectivity index (χ4v) is 1.75. The Hall–Kier alpha value is -2.22. The number of hydrogen-bond acceptors (Lipinski definition) is 7. The Morgan fingerprint density at radius 3 is 2.78 bits per heavy atom. The van der Waals surface area contributed by atoms with Crippen LogP contribution in [0.3, 0.4) is 0 Å². The topological polar surface area (TPSA) is 102 Å². The summed E-state index contributed by atoms with van der Waals surface area (Å²) in [6.07, 6.45) is 0. The predicted molar refractivity (Wildman–Crippen MR) is 62.6 cm³/mol. The summed E-state index contributed by atoms with van der Waals surface area (Å²) in [4.78, 5) is 22.5. The monoisotopic (exact) mass is 270 g/mol. The van der Waals surface area contributed by atoms with Gasteiger partial charge in [-0.15, -0.1) is 0 Å². The summed E-state index contributed by atoms with van der Waals surface area (Å²) < 4.78 is 4.50. The molecule has 1 aromatic heterocycles. The summed E-state index contributed by atoms with van der Waals surface area (Å²) in [5, 5.41) is 17.3. The summed E-state index contributed by atoms with van der Waals surface area (Å²) in [5.74, 6) is 0. The molecule has 0 spiro atoms. The van der Waals surface area contributed by atoms with Crippen LogP contribution in [-0.4, -0.2) is 34.1 Å². The highest BCUT2D eigenvalue weighted by Crippen LogP contribution is 2.30. The molecule has 0 aliphatic carbocycles. The van der Waals surface area contributed by atoms with Gasteiger partial charge in [-0.2, -0.15) is 0 Å². The highest BCUT2D eigenvalue weighted by Gasteiger charge is 2.21. The maximum atomic E-state index is 10.8. The number of anilines is 1. The lowest BCUT2D eigenvalue weighted by Crippen LogP contribution is -2.22. The van der Waals surface area contributed by atoms with Crippen molar-refractivity contribution in [3.05, 3.63) is 22.2 Å². The van der Waals surface area contributed by atoms with Crippen LogP contribution in [-0.2, 0) is 4.79 Å². The lowest BCUT2D eigenvalue weighted by Gasteiger charge is -2.16. The fourth-order valence-electron chi connectivity index (χ4n) is 1.57. The van der Waals surface area contributed by atoms with Crippen molar-refractivity contribution in [3.63, 3.8) is 0 Å². The molecule has 0 amide bonds. The van der Waals surface area contributed by atoms with Crippen LogP contribution >= 0.6 is 11.6 Å². The van der Waals surface area contributed by atoms with Gasteiger partial charge in [0.05, 0.1) is 17.2 Å². The Balaban J connectivity index is 2.54. The van der Waals surface area contributed by atoms with Gasteiger partial charge in [0.1, 0.15) is 0 Å². The largest absolute Gasteiger partial charge is 0.364 e. The summed E-state index contributed by atoms with van der Waals surface area (Å²) in [6.45, 7) is -0.0542. The zero-order chi connectivity index (χ0) is 13.3. The minimum atomic E-state index is -0.580. The molecule has 8 nitrogen and oxygen atoms in total. The standard InChI is InChI=1S/C9H7ClN4O4/c1-13(4-7(10)15)5-2-3-6(14(16)17)9-8(5)11-18-12-9/h2-3H,4H2,1H3. The molecule has 0 N–H and O–H groups in total. The van der Waals surface area contributed by atoms with Crippen molar-refractivity contribution in [1.82, 2.24) is 10.3 Å². The van der Waals surface area contributed by atoms with Crippen molar-refractivity contribution in [2.75, 3.05) is 18.5 Å². The molecule has 0 atom stereocenters. The smallest absolute Gasteiger partial charge is 0.300 e. The van der Waals surface area contributed by atoms with Crippen molar-refractivity contribution in [2.24, 2.45) is 0 Å². The number of halogens is 1. The molecular formula is C9H7ClN4O4. The van der Waals surface area contributed by atoms with E-state index < -0.39 is 10.2 Å². The van der Waals surface area contributed by atoms with Crippen molar-refractivity contribution in [1.29, 1.82) is 0 Å². The van der Waals surface area contributed by atoms with Gasteiger partial charge < -0.3 is 4.90 Å². The number of non-ortho nitro benzene ring substituents is 1. The zero-order valence-corrected chi connectivity index (χ0v) is 9.92. The number of fused-ring (bicyclic) bond motifs is 1. The molecule has 2 rings (SSSR count). The van der Waals surface area contributed by atoms with E-state index in [4.69, 9.17) is 11.6 Å². The molecule has 9 heteroatoms. The molecule has 0 unspecified atom stereocenters. The molecule has 0 aliphatic rings. The average Bonchev–Trinajstić information content (AvgIpc) is 2.74. The molecule has 0 saturated heterocycles. The van der Waals surface area contributed by atoms with Gasteiger partial charge in [-0.25, -0.2) is 4.63 Å². The van der Waals surface area contributed by atoms with Gasteiger partial charge in [0.2, 0.25) is 10.8 Å². The van der Waals surface area contributed by atoms with E-state index in [1.54, 1.807) is 7.05 Å². The summed E-state index contributed by atoms with van der Waals surface area (Å²) >= 11 is 5.28. The van der Waals surface area contributed by atoms with Gasteiger partial charge in [-0.1, -0.05) is 0 Å². The third-order valence-electron chi connectivity index (χ3n) is 2.34. The first-order chi connectivity index (χ1) is 8.50. The van der Waals surface area contributed by atoms with Gasteiger partial charge in [0.25, 0.3) is 0 Å². The van der Waals surface area contributed by atoms with Crippen molar-refractivity contribution < 1.29 is 14.3 Å². The molecule has 0 bridgehead atoms. The lowest BCUT2D eigenvalue weighted by molar-refractivity contribution is -0.383. The number of benzene rings is 1. The van der Waals surface area contributed by atoms with Gasteiger partial charge in [0, 0.05) is 13.1 Å². The molecule has 1 aromatic carbocycles. The second kappa shape index (κ2) is 4.57. The van der Waals surface area contributed by atoms with E-state index in [2.05, 4.69) is 14.9 Å². The van der Waals surface area contributed by atoms with Crippen LogP contribution in [0, 0.1) is 10.1 Å². The average molecular weight is 271 g/mol. The molecule has 0 aliphatic heterocycles. The van der Waals surface area contributed by atoms with Gasteiger partial charge >= 0.3 is 5.69 Å². The number of rotatable bonds is 4. The Morgan fingerprint density at radius 1 is 1.50 bits per heavy atom. The Kier molecular flexibility index (Phi) is 3.11. The second-order valence-corrected chi connectivity index (χ2v) is 3.96. The van der Waals surface area contributed by atoms with E-state index in [0.717, 1.165) is 0 Å². The molecule has 0 radical (unpaired) electrons. The number of carbonyl (C=O) groups is 1. The van der Waals surface area contributed by atoms with Crippen LogP contribution in [0.2, 0.25) is 0 Å². The number of carbonyl (C=O) groups excluding carboxylic acids is 1. The fraction of sp³-hybridized carbons (Fsp3) is 0.222. The summed E-state index contributed by atoms with van der Waals surface area (Å²) in [7, 11) is 1.61. The van der Waals surface area contributed by atoms with Gasteiger partial charge in [-0.05, 0) is 28.0 Å². The maximum absolute atomic E-state index is 10.8. The van der Waals surface area contributed by atoms with Crippen LogP contribution in [0.4, 0.5) is 11.4 Å². The Morgan fingerprint density at radius 2 is 2.17 bits per heavy atom. The van der Waals surface area contributed by atoms with E-state index in [-0.39, 0.29) is 23.3 Å². The van der Waals surface area contributed by atoms with Crippen molar-refractivity contribution in [3.8, 4) is 0 Å². The van der Waals surface area contributed by atoms with Crippen LogP contribution < -0.4 is 4.90 Å². The van der Waals surface area contributed by atoms with E-state index in [1.165, 1.54) is 17.0 Å². The molecule has 1 heterocycles. The van der Waals surface area contributed by atoms with Crippen LogP contribution in [0.15, 0.2) is 16.8 Å². The zero-order valence-electron chi connectivity index (χ0n) is 9.16. The first-order valence-corrected chi connectivity index (χ1v) is 5.17.